The summed E-state index contributed by atoms with van der Waals surface area (Å²) in [4.78, 5) is 14.4. The quantitative estimate of drug-likeness (QED) is 0.686. The SMILES string of the molecule is O=C1OC(CN2CCCC23CCC3)CC12CC2. The molecular formula is C14H21NO2. The van der Waals surface area contributed by atoms with Gasteiger partial charge < -0.3 is 4.74 Å². The Morgan fingerprint density at radius 1 is 1.18 bits per heavy atom. The normalized spacial score (nSPS) is 37.4. The second-order valence-corrected chi connectivity index (χ2v) is 6.64. The molecule has 4 aliphatic rings. The summed E-state index contributed by atoms with van der Waals surface area (Å²) < 4.78 is 5.58. The molecule has 2 aliphatic carbocycles. The maximum atomic E-state index is 11.7. The van der Waals surface area contributed by atoms with Crippen molar-refractivity contribution in [3.63, 3.8) is 0 Å². The Hall–Kier alpha value is -0.570. The number of ether oxygens (including phenoxy) is 1. The molecule has 1 atom stereocenters. The summed E-state index contributed by atoms with van der Waals surface area (Å²) in [6.07, 6.45) is 10.2. The van der Waals surface area contributed by atoms with Crippen LogP contribution in [0.1, 0.15) is 51.4 Å². The van der Waals surface area contributed by atoms with Gasteiger partial charge in [0.1, 0.15) is 6.10 Å². The predicted octanol–water partition coefficient (Wildman–Crippen LogP) is 2.10. The highest BCUT2D eigenvalue weighted by Crippen LogP contribution is 2.55. The fraction of sp³-hybridized carbons (Fsp3) is 0.929. The summed E-state index contributed by atoms with van der Waals surface area (Å²) >= 11 is 0. The second-order valence-electron chi connectivity index (χ2n) is 6.64. The lowest BCUT2D eigenvalue weighted by Crippen LogP contribution is -2.51. The summed E-state index contributed by atoms with van der Waals surface area (Å²) in [5, 5.41) is 0. The van der Waals surface area contributed by atoms with Gasteiger partial charge in [0, 0.05) is 18.5 Å². The minimum Gasteiger partial charge on any atom is -0.461 e. The van der Waals surface area contributed by atoms with Gasteiger partial charge in [-0.1, -0.05) is 0 Å². The summed E-state index contributed by atoms with van der Waals surface area (Å²) in [5.74, 6) is 0.101. The monoisotopic (exact) mass is 235 g/mol. The molecule has 3 nitrogen and oxygen atoms in total. The van der Waals surface area contributed by atoms with E-state index < -0.39 is 0 Å². The van der Waals surface area contributed by atoms with Crippen molar-refractivity contribution in [2.24, 2.45) is 5.41 Å². The van der Waals surface area contributed by atoms with Crippen LogP contribution in [0.4, 0.5) is 0 Å². The lowest BCUT2D eigenvalue weighted by atomic mass is 9.75. The van der Waals surface area contributed by atoms with Crippen LogP contribution in [0.3, 0.4) is 0 Å². The molecule has 0 bridgehead atoms. The molecule has 4 fully saturated rings. The molecule has 1 unspecified atom stereocenters. The lowest BCUT2D eigenvalue weighted by Gasteiger charge is -2.46. The van der Waals surface area contributed by atoms with Crippen LogP contribution in [0.25, 0.3) is 0 Å². The van der Waals surface area contributed by atoms with E-state index in [4.69, 9.17) is 4.74 Å². The van der Waals surface area contributed by atoms with E-state index in [1.54, 1.807) is 0 Å². The topological polar surface area (TPSA) is 29.5 Å². The van der Waals surface area contributed by atoms with E-state index >= 15 is 0 Å². The Bertz CT molecular complexity index is 357. The maximum Gasteiger partial charge on any atom is 0.312 e. The standard InChI is InChI=1S/C14H21NO2/c16-12-13(6-7-13)9-11(17-12)10-15-8-2-5-14(15)3-1-4-14/h11H,1-10H2. The van der Waals surface area contributed by atoms with E-state index in [0.717, 1.165) is 25.8 Å². The molecule has 0 N–H and O–H groups in total. The van der Waals surface area contributed by atoms with Crippen molar-refractivity contribution in [3.05, 3.63) is 0 Å². The molecule has 2 saturated carbocycles. The van der Waals surface area contributed by atoms with Gasteiger partial charge in [-0.05, 0) is 51.5 Å². The zero-order chi connectivity index (χ0) is 11.5. The average Bonchev–Trinajstić information content (AvgIpc) is 2.79. The number of hydrogen-bond donors (Lipinski definition) is 0. The Labute approximate surface area is 102 Å². The number of hydrogen-bond acceptors (Lipinski definition) is 3. The summed E-state index contributed by atoms with van der Waals surface area (Å²) in [5.41, 5.74) is 0.503. The van der Waals surface area contributed by atoms with Gasteiger partial charge in [0.05, 0.1) is 5.41 Å². The third-order valence-corrected chi connectivity index (χ3v) is 5.63. The van der Waals surface area contributed by atoms with Crippen molar-refractivity contribution in [1.82, 2.24) is 4.90 Å². The van der Waals surface area contributed by atoms with Gasteiger partial charge in [0.2, 0.25) is 0 Å². The number of likely N-dealkylation sites (tertiary alicyclic amines) is 1. The van der Waals surface area contributed by atoms with Gasteiger partial charge in [-0.25, -0.2) is 0 Å². The summed E-state index contributed by atoms with van der Waals surface area (Å²) in [7, 11) is 0. The first-order valence-electron chi connectivity index (χ1n) is 7.19. The molecule has 0 amide bonds. The Kier molecular flexibility index (Phi) is 1.98. The van der Waals surface area contributed by atoms with Gasteiger partial charge in [-0.3, -0.25) is 9.69 Å². The van der Waals surface area contributed by atoms with Crippen LogP contribution in [0.2, 0.25) is 0 Å². The number of carbonyl (C=O) groups excluding carboxylic acids is 1. The Morgan fingerprint density at radius 2 is 1.94 bits per heavy atom. The fourth-order valence-corrected chi connectivity index (χ4v) is 4.17. The van der Waals surface area contributed by atoms with Crippen LogP contribution < -0.4 is 0 Å². The third-order valence-electron chi connectivity index (χ3n) is 5.63. The molecule has 17 heavy (non-hydrogen) atoms. The van der Waals surface area contributed by atoms with Crippen LogP contribution in [0, 0.1) is 5.41 Å². The first-order valence-corrected chi connectivity index (χ1v) is 7.19. The number of esters is 1. The van der Waals surface area contributed by atoms with Crippen molar-refractivity contribution in [2.75, 3.05) is 13.1 Å². The fourth-order valence-electron chi connectivity index (χ4n) is 4.17. The van der Waals surface area contributed by atoms with Crippen molar-refractivity contribution < 1.29 is 9.53 Å². The van der Waals surface area contributed by atoms with E-state index in [1.165, 1.54) is 38.6 Å². The van der Waals surface area contributed by atoms with Crippen LogP contribution >= 0.6 is 0 Å². The molecule has 3 heteroatoms. The molecule has 2 spiro atoms. The molecule has 2 saturated heterocycles. The highest BCUT2D eigenvalue weighted by molar-refractivity contribution is 5.82. The summed E-state index contributed by atoms with van der Waals surface area (Å²) in [6.45, 7) is 2.23. The van der Waals surface area contributed by atoms with Gasteiger partial charge in [0.25, 0.3) is 0 Å². The minimum absolute atomic E-state index is 0.0167. The maximum absolute atomic E-state index is 11.7. The van der Waals surface area contributed by atoms with Crippen LogP contribution in [-0.2, 0) is 9.53 Å². The highest BCUT2D eigenvalue weighted by atomic mass is 16.6. The molecule has 0 aromatic heterocycles. The van der Waals surface area contributed by atoms with E-state index in [0.29, 0.717) is 5.54 Å². The first-order chi connectivity index (χ1) is 8.23. The molecule has 94 valence electrons. The zero-order valence-corrected chi connectivity index (χ0v) is 10.4. The number of carbonyl (C=O) groups is 1. The smallest absolute Gasteiger partial charge is 0.312 e. The van der Waals surface area contributed by atoms with Crippen molar-refractivity contribution in [1.29, 1.82) is 0 Å². The Balaban J connectivity index is 1.43. The van der Waals surface area contributed by atoms with Gasteiger partial charge in [-0.2, -0.15) is 0 Å². The molecule has 0 aromatic rings. The van der Waals surface area contributed by atoms with E-state index in [1.807, 2.05) is 0 Å². The van der Waals surface area contributed by atoms with Crippen LogP contribution in [0.15, 0.2) is 0 Å². The minimum atomic E-state index is -0.0167. The number of cyclic esters (lactones) is 1. The number of rotatable bonds is 2. The molecular weight excluding hydrogens is 214 g/mol. The second kappa shape index (κ2) is 3.25. The molecule has 0 aromatic carbocycles. The van der Waals surface area contributed by atoms with E-state index in [-0.39, 0.29) is 17.5 Å². The van der Waals surface area contributed by atoms with Crippen LogP contribution in [-0.4, -0.2) is 35.6 Å². The highest BCUT2D eigenvalue weighted by Gasteiger charge is 2.58. The molecule has 4 rings (SSSR count). The summed E-state index contributed by atoms with van der Waals surface area (Å²) in [6, 6.07) is 0. The zero-order valence-electron chi connectivity index (χ0n) is 10.4. The average molecular weight is 235 g/mol. The van der Waals surface area contributed by atoms with Gasteiger partial charge in [-0.15, -0.1) is 0 Å². The van der Waals surface area contributed by atoms with E-state index in [9.17, 15) is 4.79 Å². The van der Waals surface area contributed by atoms with Crippen molar-refractivity contribution in [2.45, 2.75) is 63.0 Å². The molecule has 0 radical (unpaired) electrons. The van der Waals surface area contributed by atoms with Crippen LogP contribution in [0.5, 0.6) is 0 Å². The van der Waals surface area contributed by atoms with Gasteiger partial charge >= 0.3 is 5.97 Å². The van der Waals surface area contributed by atoms with Crippen molar-refractivity contribution in [3.8, 4) is 0 Å². The first kappa shape index (κ1) is 10.4. The van der Waals surface area contributed by atoms with E-state index in [2.05, 4.69) is 4.90 Å². The Morgan fingerprint density at radius 3 is 2.53 bits per heavy atom. The lowest BCUT2D eigenvalue weighted by molar-refractivity contribution is -0.146. The largest absolute Gasteiger partial charge is 0.461 e. The van der Waals surface area contributed by atoms with Gasteiger partial charge in [0.15, 0.2) is 0 Å². The molecule has 2 aliphatic heterocycles. The molecule has 2 heterocycles. The predicted molar refractivity (Wildman–Crippen MR) is 63.6 cm³/mol. The van der Waals surface area contributed by atoms with Crippen molar-refractivity contribution >= 4 is 5.97 Å². The third kappa shape index (κ3) is 1.41. The number of nitrogens with zero attached hydrogens (tertiary/aromatic N) is 1.